The number of hydrogen-bond donors (Lipinski definition) is 1. The van der Waals surface area contributed by atoms with Gasteiger partial charge in [-0.1, -0.05) is 30.3 Å². The summed E-state index contributed by atoms with van der Waals surface area (Å²) in [4.78, 5) is 11.6. The van der Waals surface area contributed by atoms with Crippen LogP contribution in [-0.2, 0) is 23.5 Å². The molecule has 0 fully saturated rings. The minimum Gasteiger partial charge on any atom is -0.408 e. The lowest BCUT2D eigenvalue weighted by molar-refractivity contribution is 0.527. The standard InChI is InChI=1S/C17H18N2O4S/c1-19-15-10-9-14(12-16(15)23-17(19)20)24(21,22)18-11-5-8-13-6-3-2-4-7-13/h2-4,6-7,9-10,12,18H,5,8,11H2,1H3. The number of aryl methyl sites for hydroxylation is 2. The molecule has 2 aromatic carbocycles. The van der Waals surface area contributed by atoms with E-state index < -0.39 is 15.8 Å². The molecule has 3 aromatic rings. The minimum atomic E-state index is -3.63. The SMILES string of the molecule is Cn1c(=O)oc2cc(S(=O)(=O)NCCCc3ccccc3)ccc21. The molecule has 0 bridgehead atoms. The molecule has 0 saturated heterocycles. The lowest BCUT2D eigenvalue weighted by Crippen LogP contribution is -2.25. The van der Waals surface area contributed by atoms with Crippen molar-refractivity contribution >= 4 is 21.1 Å². The van der Waals surface area contributed by atoms with Gasteiger partial charge in [-0.3, -0.25) is 4.57 Å². The molecule has 7 heteroatoms. The third-order valence-corrected chi connectivity index (χ3v) is 5.31. The summed E-state index contributed by atoms with van der Waals surface area (Å²) in [6, 6.07) is 14.3. The summed E-state index contributed by atoms with van der Waals surface area (Å²) in [5, 5.41) is 0. The van der Waals surface area contributed by atoms with E-state index in [0.717, 1.165) is 6.42 Å². The van der Waals surface area contributed by atoms with Crippen LogP contribution in [0.15, 0.2) is 62.6 Å². The Morgan fingerprint density at radius 1 is 1.12 bits per heavy atom. The van der Waals surface area contributed by atoms with Crippen LogP contribution < -0.4 is 10.5 Å². The van der Waals surface area contributed by atoms with Gasteiger partial charge in [0, 0.05) is 19.7 Å². The Kier molecular flexibility index (Phi) is 4.55. The number of sulfonamides is 1. The molecule has 0 aliphatic carbocycles. The molecule has 0 amide bonds. The fraction of sp³-hybridized carbons (Fsp3) is 0.235. The van der Waals surface area contributed by atoms with Crippen molar-refractivity contribution in [2.24, 2.45) is 7.05 Å². The van der Waals surface area contributed by atoms with Crippen LogP contribution in [0.2, 0.25) is 0 Å². The highest BCUT2D eigenvalue weighted by Gasteiger charge is 2.16. The maximum atomic E-state index is 12.3. The van der Waals surface area contributed by atoms with Crippen molar-refractivity contribution in [2.75, 3.05) is 6.54 Å². The summed E-state index contributed by atoms with van der Waals surface area (Å²) < 4.78 is 33.6. The Labute approximate surface area is 139 Å². The summed E-state index contributed by atoms with van der Waals surface area (Å²) in [5.41, 5.74) is 1.99. The smallest absolute Gasteiger partial charge is 0.408 e. The first kappa shape index (κ1) is 16.5. The fourth-order valence-electron chi connectivity index (χ4n) is 2.51. The maximum Gasteiger partial charge on any atom is 0.419 e. The van der Waals surface area contributed by atoms with E-state index in [2.05, 4.69) is 4.72 Å². The molecule has 0 aliphatic heterocycles. The third kappa shape index (κ3) is 3.42. The van der Waals surface area contributed by atoms with Crippen molar-refractivity contribution in [1.82, 2.24) is 9.29 Å². The molecule has 1 aromatic heterocycles. The number of hydrogen-bond acceptors (Lipinski definition) is 4. The lowest BCUT2D eigenvalue weighted by Gasteiger charge is -2.07. The van der Waals surface area contributed by atoms with Gasteiger partial charge in [0.1, 0.15) is 0 Å². The van der Waals surface area contributed by atoms with Gasteiger partial charge in [0.05, 0.1) is 10.4 Å². The van der Waals surface area contributed by atoms with E-state index in [4.69, 9.17) is 4.42 Å². The lowest BCUT2D eigenvalue weighted by atomic mass is 10.1. The van der Waals surface area contributed by atoms with E-state index in [1.165, 1.54) is 22.3 Å². The molecule has 126 valence electrons. The zero-order valence-corrected chi connectivity index (χ0v) is 14.0. The Balaban J connectivity index is 1.68. The van der Waals surface area contributed by atoms with Crippen molar-refractivity contribution in [1.29, 1.82) is 0 Å². The van der Waals surface area contributed by atoms with Crippen LogP contribution in [0.4, 0.5) is 0 Å². The van der Waals surface area contributed by atoms with Crippen LogP contribution in [0.5, 0.6) is 0 Å². The second-order valence-electron chi connectivity index (χ2n) is 5.54. The van der Waals surface area contributed by atoms with Crippen LogP contribution in [0, 0.1) is 0 Å². The number of oxazole rings is 1. The maximum absolute atomic E-state index is 12.3. The molecule has 0 atom stereocenters. The van der Waals surface area contributed by atoms with Gasteiger partial charge in [-0.15, -0.1) is 0 Å². The summed E-state index contributed by atoms with van der Waals surface area (Å²) in [7, 11) is -2.06. The quantitative estimate of drug-likeness (QED) is 0.693. The van der Waals surface area contributed by atoms with Crippen LogP contribution in [0.25, 0.3) is 11.1 Å². The Morgan fingerprint density at radius 3 is 2.62 bits per heavy atom. The van der Waals surface area contributed by atoms with Crippen LogP contribution in [-0.4, -0.2) is 19.5 Å². The largest absolute Gasteiger partial charge is 0.419 e. The van der Waals surface area contributed by atoms with E-state index in [0.29, 0.717) is 18.5 Å². The van der Waals surface area contributed by atoms with Gasteiger partial charge in [-0.2, -0.15) is 0 Å². The average molecular weight is 346 g/mol. The van der Waals surface area contributed by atoms with E-state index >= 15 is 0 Å². The second kappa shape index (κ2) is 6.62. The highest BCUT2D eigenvalue weighted by molar-refractivity contribution is 7.89. The second-order valence-corrected chi connectivity index (χ2v) is 7.31. The van der Waals surface area contributed by atoms with E-state index in [-0.39, 0.29) is 10.5 Å². The van der Waals surface area contributed by atoms with Gasteiger partial charge in [0.25, 0.3) is 0 Å². The molecule has 0 spiro atoms. The summed E-state index contributed by atoms with van der Waals surface area (Å²) in [6.07, 6.45) is 1.50. The first-order valence-corrected chi connectivity index (χ1v) is 9.09. The van der Waals surface area contributed by atoms with E-state index in [1.54, 1.807) is 13.1 Å². The number of fused-ring (bicyclic) bond motifs is 1. The molecular weight excluding hydrogens is 328 g/mol. The minimum absolute atomic E-state index is 0.0871. The number of nitrogens with one attached hydrogen (secondary N) is 1. The van der Waals surface area contributed by atoms with Crippen molar-refractivity contribution < 1.29 is 12.8 Å². The highest BCUT2D eigenvalue weighted by atomic mass is 32.2. The molecule has 6 nitrogen and oxygen atoms in total. The van der Waals surface area contributed by atoms with Crippen molar-refractivity contribution in [3.05, 3.63) is 64.6 Å². The Morgan fingerprint density at radius 2 is 1.88 bits per heavy atom. The molecule has 0 unspecified atom stereocenters. The fourth-order valence-corrected chi connectivity index (χ4v) is 3.60. The summed E-state index contributed by atoms with van der Waals surface area (Å²) in [5.74, 6) is -0.518. The average Bonchev–Trinajstić information content (AvgIpc) is 2.87. The van der Waals surface area contributed by atoms with Crippen LogP contribution in [0.1, 0.15) is 12.0 Å². The first-order valence-electron chi connectivity index (χ1n) is 7.60. The number of aromatic nitrogens is 1. The Hall–Kier alpha value is -2.38. The normalized spacial score (nSPS) is 11.9. The monoisotopic (exact) mass is 346 g/mol. The number of rotatable bonds is 6. The van der Waals surface area contributed by atoms with Crippen LogP contribution in [0.3, 0.4) is 0 Å². The van der Waals surface area contributed by atoms with Gasteiger partial charge in [0.2, 0.25) is 10.0 Å². The third-order valence-electron chi connectivity index (χ3n) is 3.85. The zero-order chi connectivity index (χ0) is 17.2. The predicted octanol–water partition coefficient (Wildman–Crippen LogP) is 2.04. The number of nitrogens with zero attached hydrogens (tertiary/aromatic N) is 1. The molecule has 0 aliphatic rings. The molecule has 24 heavy (non-hydrogen) atoms. The molecular formula is C17H18N2O4S. The van der Waals surface area contributed by atoms with E-state index in [1.807, 2.05) is 30.3 Å². The topological polar surface area (TPSA) is 81.3 Å². The molecule has 3 rings (SSSR count). The van der Waals surface area contributed by atoms with Crippen molar-refractivity contribution in [3.63, 3.8) is 0 Å². The van der Waals surface area contributed by atoms with Crippen molar-refractivity contribution in [2.45, 2.75) is 17.7 Å². The van der Waals surface area contributed by atoms with Crippen molar-refractivity contribution in [3.8, 4) is 0 Å². The van der Waals surface area contributed by atoms with Gasteiger partial charge in [0.15, 0.2) is 5.58 Å². The van der Waals surface area contributed by atoms with Crippen LogP contribution >= 0.6 is 0 Å². The van der Waals surface area contributed by atoms with Gasteiger partial charge in [-0.05, 0) is 30.5 Å². The summed E-state index contributed by atoms with van der Waals surface area (Å²) >= 11 is 0. The molecule has 0 radical (unpaired) electrons. The van der Waals surface area contributed by atoms with Gasteiger partial charge < -0.3 is 4.42 Å². The molecule has 1 N–H and O–H groups in total. The van der Waals surface area contributed by atoms with Gasteiger partial charge in [-0.25, -0.2) is 17.9 Å². The predicted molar refractivity (Wildman–Crippen MR) is 91.4 cm³/mol. The molecule has 1 heterocycles. The van der Waals surface area contributed by atoms with E-state index in [9.17, 15) is 13.2 Å². The zero-order valence-electron chi connectivity index (χ0n) is 13.2. The highest BCUT2D eigenvalue weighted by Crippen LogP contribution is 2.17. The first-order chi connectivity index (χ1) is 11.5. The molecule has 0 saturated carbocycles. The number of benzene rings is 2. The summed E-state index contributed by atoms with van der Waals surface area (Å²) in [6.45, 7) is 0.341. The Bertz CT molecular complexity index is 1000. The van der Waals surface area contributed by atoms with Gasteiger partial charge >= 0.3 is 5.76 Å².